The van der Waals surface area contributed by atoms with Crippen LogP contribution in [-0.4, -0.2) is 60.4 Å². The SMILES string of the molecule is COC(=O)C1CN(C(=O)CCc2ccccc2)CCN1C(=O)c1ccco1. The number of carbonyl (C=O) groups is 3. The summed E-state index contributed by atoms with van der Waals surface area (Å²) in [6.07, 6.45) is 2.39. The summed E-state index contributed by atoms with van der Waals surface area (Å²) in [6, 6.07) is 12.1. The summed E-state index contributed by atoms with van der Waals surface area (Å²) in [7, 11) is 1.27. The predicted molar refractivity (Wildman–Crippen MR) is 96.9 cm³/mol. The number of ether oxygens (including phenoxy) is 1. The number of piperazine rings is 1. The summed E-state index contributed by atoms with van der Waals surface area (Å²) in [5.74, 6) is -0.812. The molecule has 2 amide bonds. The summed E-state index contributed by atoms with van der Waals surface area (Å²) in [5, 5.41) is 0. The van der Waals surface area contributed by atoms with Crippen molar-refractivity contribution in [2.45, 2.75) is 18.9 Å². The van der Waals surface area contributed by atoms with E-state index in [1.165, 1.54) is 18.3 Å². The highest BCUT2D eigenvalue weighted by molar-refractivity contribution is 5.95. The Morgan fingerprint density at radius 3 is 2.56 bits per heavy atom. The van der Waals surface area contributed by atoms with Gasteiger partial charge in [-0.15, -0.1) is 0 Å². The lowest BCUT2D eigenvalue weighted by Gasteiger charge is -2.39. The predicted octanol–water partition coefficient (Wildman–Crippen LogP) is 1.74. The minimum absolute atomic E-state index is 0.0437. The number of esters is 1. The zero-order valence-electron chi connectivity index (χ0n) is 15.2. The third kappa shape index (κ3) is 4.36. The van der Waals surface area contributed by atoms with Gasteiger partial charge in [0.2, 0.25) is 5.91 Å². The maximum atomic E-state index is 12.6. The number of nitrogens with zero attached hydrogens (tertiary/aromatic N) is 2. The van der Waals surface area contributed by atoms with Crippen molar-refractivity contribution in [3.8, 4) is 0 Å². The molecule has 0 N–H and O–H groups in total. The van der Waals surface area contributed by atoms with E-state index in [-0.39, 0.29) is 30.7 Å². The van der Waals surface area contributed by atoms with Crippen LogP contribution in [0.15, 0.2) is 53.1 Å². The van der Waals surface area contributed by atoms with Gasteiger partial charge in [0.25, 0.3) is 5.91 Å². The van der Waals surface area contributed by atoms with Gasteiger partial charge in [-0.05, 0) is 24.1 Å². The first kappa shape index (κ1) is 18.7. The van der Waals surface area contributed by atoms with Crippen molar-refractivity contribution in [1.82, 2.24) is 9.80 Å². The fourth-order valence-corrected chi connectivity index (χ4v) is 3.19. The number of amides is 2. The van der Waals surface area contributed by atoms with Gasteiger partial charge in [-0.1, -0.05) is 30.3 Å². The van der Waals surface area contributed by atoms with Gasteiger partial charge in [0.1, 0.15) is 6.04 Å². The van der Waals surface area contributed by atoms with E-state index < -0.39 is 12.0 Å². The van der Waals surface area contributed by atoms with Gasteiger partial charge in [-0.25, -0.2) is 4.79 Å². The molecule has 7 nitrogen and oxygen atoms in total. The van der Waals surface area contributed by atoms with Crippen LogP contribution in [0.5, 0.6) is 0 Å². The summed E-state index contributed by atoms with van der Waals surface area (Å²) >= 11 is 0. The number of benzene rings is 1. The van der Waals surface area contributed by atoms with Crippen molar-refractivity contribution in [3.63, 3.8) is 0 Å². The van der Waals surface area contributed by atoms with Crippen LogP contribution in [0.4, 0.5) is 0 Å². The Morgan fingerprint density at radius 1 is 1.11 bits per heavy atom. The highest BCUT2D eigenvalue weighted by atomic mass is 16.5. The summed E-state index contributed by atoms with van der Waals surface area (Å²) in [6.45, 7) is 0.733. The van der Waals surface area contributed by atoms with Gasteiger partial charge < -0.3 is 19.0 Å². The van der Waals surface area contributed by atoms with E-state index in [1.807, 2.05) is 30.3 Å². The lowest BCUT2D eigenvalue weighted by Crippen LogP contribution is -2.59. The van der Waals surface area contributed by atoms with Crippen molar-refractivity contribution in [2.24, 2.45) is 0 Å². The monoisotopic (exact) mass is 370 g/mol. The summed E-state index contributed by atoms with van der Waals surface area (Å²) in [5.41, 5.74) is 1.09. The maximum Gasteiger partial charge on any atom is 0.330 e. The molecule has 142 valence electrons. The van der Waals surface area contributed by atoms with E-state index in [2.05, 4.69) is 0 Å². The average Bonchev–Trinajstić information content (AvgIpc) is 3.26. The molecule has 3 rings (SSSR count). The minimum atomic E-state index is -0.845. The van der Waals surface area contributed by atoms with Gasteiger partial charge >= 0.3 is 5.97 Å². The Bertz CT molecular complexity index is 788. The molecule has 2 heterocycles. The zero-order valence-corrected chi connectivity index (χ0v) is 15.2. The smallest absolute Gasteiger partial charge is 0.330 e. The number of furan rings is 1. The van der Waals surface area contributed by atoms with Gasteiger partial charge in [-0.3, -0.25) is 9.59 Å². The highest BCUT2D eigenvalue weighted by Gasteiger charge is 2.38. The lowest BCUT2D eigenvalue weighted by atomic mass is 10.1. The standard InChI is InChI=1S/C20H22N2O5/c1-26-20(25)16-14-21(18(23)10-9-15-6-3-2-4-7-15)11-12-22(16)19(24)17-8-5-13-27-17/h2-8,13,16H,9-12,14H2,1H3. The van der Waals surface area contributed by atoms with Crippen molar-refractivity contribution in [1.29, 1.82) is 0 Å². The first-order valence-corrected chi connectivity index (χ1v) is 8.84. The molecule has 2 aromatic rings. The number of aryl methyl sites for hydroxylation is 1. The van der Waals surface area contributed by atoms with Crippen molar-refractivity contribution < 1.29 is 23.5 Å². The second kappa shape index (κ2) is 8.53. The number of rotatable bonds is 5. The van der Waals surface area contributed by atoms with Crippen LogP contribution in [0.3, 0.4) is 0 Å². The Kier molecular flexibility index (Phi) is 5.90. The molecule has 0 aliphatic carbocycles. The molecule has 0 bridgehead atoms. The Labute approximate surface area is 157 Å². The van der Waals surface area contributed by atoms with E-state index in [1.54, 1.807) is 17.0 Å². The van der Waals surface area contributed by atoms with Crippen molar-refractivity contribution in [3.05, 3.63) is 60.1 Å². The van der Waals surface area contributed by atoms with Gasteiger partial charge in [0.05, 0.1) is 19.9 Å². The molecule has 0 saturated carbocycles. The van der Waals surface area contributed by atoms with Crippen LogP contribution in [-0.2, 0) is 20.7 Å². The van der Waals surface area contributed by atoms with Crippen molar-refractivity contribution >= 4 is 17.8 Å². The van der Waals surface area contributed by atoms with Crippen LogP contribution in [0.25, 0.3) is 0 Å². The maximum absolute atomic E-state index is 12.6. The Hall–Kier alpha value is -3.09. The molecule has 1 aliphatic rings. The number of carbonyl (C=O) groups excluding carboxylic acids is 3. The largest absolute Gasteiger partial charge is 0.467 e. The van der Waals surface area contributed by atoms with Crippen LogP contribution < -0.4 is 0 Å². The molecular weight excluding hydrogens is 348 g/mol. The Morgan fingerprint density at radius 2 is 1.89 bits per heavy atom. The average molecular weight is 370 g/mol. The van der Waals surface area contributed by atoms with E-state index in [0.29, 0.717) is 19.4 Å². The molecule has 7 heteroatoms. The number of methoxy groups -OCH3 is 1. The van der Waals surface area contributed by atoms with Crippen LogP contribution in [0.1, 0.15) is 22.5 Å². The van der Waals surface area contributed by atoms with E-state index >= 15 is 0 Å². The first-order chi connectivity index (χ1) is 13.1. The quantitative estimate of drug-likeness (QED) is 0.749. The van der Waals surface area contributed by atoms with Gasteiger partial charge in [0.15, 0.2) is 5.76 Å². The Balaban J connectivity index is 1.65. The zero-order chi connectivity index (χ0) is 19.2. The molecule has 1 saturated heterocycles. The topological polar surface area (TPSA) is 80.1 Å². The third-order valence-electron chi connectivity index (χ3n) is 4.67. The first-order valence-electron chi connectivity index (χ1n) is 8.84. The molecule has 1 unspecified atom stereocenters. The molecule has 1 aromatic heterocycles. The molecule has 1 aromatic carbocycles. The molecule has 0 spiro atoms. The van der Waals surface area contributed by atoms with E-state index in [9.17, 15) is 14.4 Å². The van der Waals surface area contributed by atoms with Crippen LogP contribution in [0, 0.1) is 0 Å². The molecule has 1 atom stereocenters. The fourth-order valence-electron chi connectivity index (χ4n) is 3.19. The molecule has 1 aliphatic heterocycles. The van der Waals surface area contributed by atoms with Crippen LogP contribution >= 0.6 is 0 Å². The molecule has 1 fully saturated rings. The highest BCUT2D eigenvalue weighted by Crippen LogP contribution is 2.17. The lowest BCUT2D eigenvalue weighted by molar-refractivity contribution is -0.150. The summed E-state index contributed by atoms with van der Waals surface area (Å²) in [4.78, 5) is 40.4. The van der Waals surface area contributed by atoms with Gasteiger partial charge in [0, 0.05) is 19.5 Å². The second-order valence-corrected chi connectivity index (χ2v) is 6.34. The molecule has 0 radical (unpaired) electrons. The normalized spacial score (nSPS) is 16.9. The summed E-state index contributed by atoms with van der Waals surface area (Å²) < 4.78 is 9.99. The number of hydrogen-bond acceptors (Lipinski definition) is 5. The minimum Gasteiger partial charge on any atom is -0.467 e. The van der Waals surface area contributed by atoms with E-state index in [4.69, 9.17) is 9.15 Å². The molecular formula is C20H22N2O5. The third-order valence-corrected chi connectivity index (χ3v) is 4.67. The van der Waals surface area contributed by atoms with Crippen molar-refractivity contribution in [2.75, 3.05) is 26.7 Å². The fraction of sp³-hybridized carbons (Fsp3) is 0.350. The van der Waals surface area contributed by atoms with Gasteiger partial charge in [-0.2, -0.15) is 0 Å². The number of hydrogen-bond donors (Lipinski definition) is 0. The molecule has 27 heavy (non-hydrogen) atoms. The van der Waals surface area contributed by atoms with Crippen LogP contribution in [0.2, 0.25) is 0 Å². The van der Waals surface area contributed by atoms with E-state index in [0.717, 1.165) is 5.56 Å². The second-order valence-electron chi connectivity index (χ2n) is 6.34.